The van der Waals surface area contributed by atoms with E-state index in [0.717, 1.165) is 12.1 Å². The normalized spacial score (nSPS) is 11.1. The lowest BCUT2D eigenvalue weighted by atomic mass is 10.1. The van der Waals surface area contributed by atoms with Crippen molar-refractivity contribution < 1.29 is 4.79 Å². The number of Topliss-reactive ketones (excluding diaryl/α,β-unsaturated/α-hetero) is 1. The number of hydrogen-bond acceptors (Lipinski definition) is 3. The maximum Gasteiger partial charge on any atom is 0.170 e. The van der Waals surface area contributed by atoms with Gasteiger partial charge in [-0.25, -0.2) is 9.67 Å². The Bertz CT molecular complexity index is 619. The SMILES string of the molecule is Cc1cc(C(=O)Cc2ncnn2CC(C)C)ccc1Cl. The fraction of sp³-hybridized carbons (Fsp3) is 0.400. The van der Waals surface area contributed by atoms with Crippen molar-refractivity contribution in [3.05, 3.63) is 46.5 Å². The zero-order valence-electron chi connectivity index (χ0n) is 11.9. The average molecular weight is 292 g/mol. The summed E-state index contributed by atoms with van der Waals surface area (Å²) in [7, 11) is 0. The van der Waals surface area contributed by atoms with Crippen LogP contribution in [0.25, 0.3) is 0 Å². The molecular formula is C15H18ClN3O. The van der Waals surface area contributed by atoms with Gasteiger partial charge in [-0.1, -0.05) is 25.4 Å². The first-order valence-electron chi connectivity index (χ1n) is 6.63. The van der Waals surface area contributed by atoms with Crippen LogP contribution in [-0.2, 0) is 13.0 Å². The van der Waals surface area contributed by atoms with E-state index in [1.54, 1.807) is 16.8 Å². The van der Waals surface area contributed by atoms with Gasteiger partial charge in [-0.15, -0.1) is 0 Å². The molecule has 0 N–H and O–H groups in total. The van der Waals surface area contributed by atoms with Gasteiger partial charge in [-0.3, -0.25) is 4.79 Å². The zero-order chi connectivity index (χ0) is 14.7. The Morgan fingerprint density at radius 1 is 1.40 bits per heavy atom. The lowest BCUT2D eigenvalue weighted by Crippen LogP contribution is -2.14. The van der Waals surface area contributed by atoms with Gasteiger partial charge in [-0.05, 0) is 36.6 Å². The molecule has 0 aliphatic carbocycles. The van der Waals surface area contributed by atoms with Gasteiger partial charge >= 0.3 is 0 Å². The predicted octanol–water partition coefficient (Wildman–Crippen LogP) is 3.32. The molecule has 1 heterocycles. The van der Waals surface area contributed by atoms with E-state index in [2.05, 4.69) is 23.9 Å². The maximum atomic E-state index is 12.3. The summed E-state index contributed by atoms with van der Waals surface area (Å²) in [6.45, 7) is 6.87. The van der Waals surface area contributed by atoms with Crippen LogP contribution < -0.4 is 0 Å². The van der Waals surface area contributed by atoms with Gasteiger partial charge in [0.2, 0.25) is 0 Å². The van der Waals surface area contributed by atoms with Gasteiger partial charge in [0.05, 0.1) is 6.42 Å². The number of ketones is 1. The lowest BCUT2D eigenvalue weighted by Gasteiger charge is -2.08. The summed E-state index contributed by atoms with van der Waals surface area (Å²) in [6, 6.07) is 5.32. The standard InChI is InChI=1S/C15H18ClN3O/c1-10(2)8-19-15(17-9-18-19)7-14(20)12-4-5-13(16)11(3)6-12/h4-6,9-10H,7-8H2,1-3H3. The van der Waals surface area contributed by atoms with Crippen molar-refractivity contribution in [1.82, 2.24) is 14.8 Å². The summed E-state index contributed by atoms with van der Waals surface area (Å²) in [5, 5.41) is 4.84. The van der Waals surface area contributed by atoms with Gasteiger partial charge in [0.25, 0.3) is 0 Å². The van der Waals surface area contributed by atoms with Gasteiger partial charge in [0.15, 0.2) is 5.78 Å². The minimum atomic E-state index is 0.0303. The second kappa shape index (κ2) is 6.18. The number of rotatable bonds is 5. The number of benzene rings is 1. The van der Waals surface area contributed by atoms with E-state index in [9.17, 15) is 4.79 Å². The Kier molecular flexibility index (Phi) is 4.55. The molecule has 0 atom stereocenters. The van der Waals surface area contributed by atoms with Crippen LogP contribution in [0, 0.1) is 12.8 Å². The molecule has 0 bridgehead atoms. The molecular weight excluding hydrogens is 274 g/mol. The molecule has 0 aliphatic heterocycles. The number of aromatic nitrogens is 3. The molecule has 0 fully saturated rings. The summed E-state index contributed by atoms with van der Waals surface area (Å²) in [5.74, 6) is 1.20. The number of carbonyl (C=O) groups excluding carboxylic acids is 1. The molecule has 5 heteroatoms. The van der Waals surface area contributed by atoms with Gasteiger partial charge in [0.1, 0.15) is 12.2 Å². The summed E-state index contributed by atoms with van der Waals surface area (Å²) < 4.78 is 1.80. The number of halogens is 1. The molecule has 106 valence electrons. The molecule has 0 aliphatic rings. The molecule has 4 nitrogen and oxygen atoms in total. The summed E-state index contributed by atoms with van der Waals surface area (Å²) in [5.41, 5.74) is 1.56. The molecule has 0 saturated carbocycles. The summed E-state index contributed by atoms with van der Waals surface area (Å²) >= 11 is 5.97. The van der Waals surface area contributed by atoms with Crippen LogP contribution in [-0.4, -0.2) is 20.5 Å². The van der Waals surface area contributed by atoms with Crippen molar-refractivity contribution in [3.63, 3.8) is 0 Å². The Morgan fingerprint density at radius 2 is 2.15 bits per heavy atom. The van der Waals surface area contributed by atoms with Crippen molar-refractivity contribution in [3.8, 4) is 0 Å². The third kappa shape index (κ3) is 3.45. The molecule has 0 unspecified atom stereocenters. The van der Waals surface area contributed by atoms with Gasteiger partial charge < -0.3 is 0 Å². The van der Waals surface area contributed by atoms with Crippen LogP contribution in [0.3, 0.4) is 0 Å². The van der Waals surface area contributed by atoms with Crippen molar-refractivity contribution in [2.45, 2.75) is 33.7 Å². The van der Waals surface area contributed by atoms with E-state index in [0.29, 0.717) is 22.3 Å². The predicted molar refractivity (Wildman–Crippen MR) is 79.1 cm³/mol. The highest BCUT2D eigenvalue weighted by molar-refractivity contribution is 6.31. The molecule has 1 aromatic carbocycles. The lowest BCUT2D eigenvalue weighted by molar-refractivity contribution is 0.0989. The quantitative estimate of drug-likeness (QED) is 0.794. The Morgan fingerprint density at radius 3 is 2.80 bits per heavy atom. The molecule has 2 aromatic rings. The van der Waals surface area contributed by atoms with E-state index in [1.807, 2.05) is 13.0 Å². The van der Waals surface area contributed by atoms with E-state index in [-0.39, 0.29) is 12.2 Å². The fourth-order valence-electron chi connectivity index (χ4n) is 1.99. The number of carbonyl (C=O) groups is 1. The second-order valence-electron chi connectivity index (χ2n) is 5.32. The topological polar surface area (TPSA) is 47.8 Å². The fourth-order valence-corrected chi connectivity index (χ4v) is 2.10. The number of nitrogens with zero attached hydrogens (tertiary/aromatic N) is 3. The molecule has 1 aromatic heterocycles. The Labute approximate surface area is 123 Å². The molecule has 20 heavy (non-hydrogen) atoms. The van der Waals surface area contributed by atoms with Crippen LogP contribution >= 0.6 is 11.6 Å². The third-order valence-electron chi connectivity index (χ3n) is 3.03. The van der Waals surface area contributed by atoms with Crippen LogP contribution in [0.15, 0.2) is 24.5 Å². The highest BCUT2D eigenvalue weighted by Crippen LogP contribution is 2.17. The van der Waals surface area contributed by atoms with Crippen molar-refractivity contribution >= 4 is 17.4 Å². The van der Waals surface area contributed by atoms with Crippen molar-refractivity contribution in [2.24, 2.45) is 5.92 Å². The minimum absolute atomic E-state index is 0.0303. The number of hydrogen-bond donors (Lipinski definition) is 0. The average Bonchev–Trinajstić information content (AvgIpc) is 2.79. The summed E-state index contributed by atoms with van der Waals surface area (Å²) in [6.07, 6.45) is 1.76. The summed E-state index contributed by atoms with van der Waals surface area (Å²) in [4.78, 5) is 16.5. The third-order valence-corrected chi connectivity index (χ3v) is 3.46. The highest BCUT2D eigenvalue weighted by Gasteiger charge is 2.13. The van der Waals surface area contributed by atoms with E-state index >= 15 is 0 Å². The molecule has 2 rings (SSSR count). The van der Waals surface area contributed by atoms with Gasteiger partial charge in [-0.2, -0.15) is 5.10 Å². The Balaban J connectivity index is 2.15. The van der Waals surface area contributed by atoms with Gasteiger partial charge in [0, 0.05) is 17.1 Å². The van der Waals surface area contributed by atoms with Crippen LogP contribution in [0.5, 0.6) is 0 Å². The van der Waals surface area contributed by atoms with Crippen molar-refractivity contribution in [1.29, 1.82) is 0 Å². The zero-order valence-corrected chi connectivity index (χ0v) is 12.7. The van der Waals surface area contributed by atoms with Crippen LogP contribution in [0.2, 0.25) is 5.02 Å². The van der Waals surface area contributed by atoms with E-state index in [4.69, 9.17) is 11.6 Å². The number of aryl methyl sites for hydroxylation is 1. The first-order valence-corrected chi connectivity index (χ1v) is 7.01. The van der Waals surface area contributed by atoms with Crippen LogP contribution in [0.1, 0.15) is 35.6 Å². The molecule has 0 amide bonds. The first kappa shape index (κ1) is 14.7. The largest absolute Gasteiger partial charge is 0.294 e. The minimum Gasteiger partial charge on any atom is -0.294 e. The van der Waals surface area contributed by atoms with Crippen molar-refractivity contribution in [2.75, 3.05) is 0 Å². The highest BCUT2D eigenvalue weighted by atomic mass is 35.5. The Hall–Kier alpha value is -1.68. The second-order valence-corrected chi connectivity index (χ2v) is 5.72. The van der Waals surface area contributed by atoms with E-state index in [1.165, 1.54) is 6.33 Å². The molecule has 0 radical (unpaired) electrons. The molecule has 0 spiro atoms. The maximum absolute atomic E-state index is 12.3. The smallest absolute Gasteiger partial charge is 0.170 e. The molecule has 0 saturated heterocycles. The van der Waals surface area contributed by atoms with E-state index < -0.39 is 0 Å². The first-order chi connectivity index (χ1) is 9.47. The van der Waals surface area contributed by atoms with Crippen LogP contribution in [0.4, 0.5) is 0 Å². The monoisotopic (exact) mass is 291 g/mol.